The van der Waals surface area contributed by atoms with Gasteiger partial charge in [0, 0.05) is 10.9 Å². The van der Waals surface area contributed by atoms with Crippen LogP contribution in [0.25, 0.3) is 5.57 Å². The predicted molar refractivity (Wildman–Crippen MR) is 56.2 cm³/mol. The molecule has 0 saturated heterocycles. The maximum Gasteiger partial charge on any atom is 0.416 e. The summed E-state index contributed by atoms with van der Waals surface area (Å²) in [6.45, 7) is 3.55. The Bertz CT molecular complexity index is 383. The van der Waals surface area contributed by atoms with Gasteiger partial charge in [0.25, 0.3) is 0 Å². The van der Waals surface area contributed by atoms with E-state index in [4.69, 9.17) is 23.2 Å². The SMILES string of the molecule is C=C(CCl)c1cc(Cl)cc(C(F)(F)F)c1. The fourth-order valence-electron chi connectivity index (χ4n) is 1.03. The quantitative estimate of drug-likeness (QED) is 0.677. The number of halogens is 5. The van der Waals surface area contributed by atoms with Crippen LogP contribution in [-0.2, 0) is 6.18 Å². The number of alkyl halides is 4. The lowest BCUT2D eigenvalue weighted by Crippen LogP contribution is -2.05. The van der Waals surface area contributed by atoms with Crippen molar-refractivity contribution in [3.05, 3.63) is 40.9 Å². The van der Waals surface area contributed by atoms with Crippen LogP contribution in [0.1, 0.15) is 11.1 Å². The Morgan fingerprint density at radius 3 is 2.33 bits per heavy atom. The van der Waals surface area contributed by atoms with Gasteiger partial charge in [-0.1, -0.05) is 18.2 Å². The molecular formula is C10H7Cl2F3. The van der Waals surface area contributed by atoms with E-state index in [1.54, 1.807) is 0 Å². The van der Waals surface area contributed by atoms with Crippen LogP contribution in [-0.4, -0.2) is 5.88 Å². The molecule has 0 atom stereocenters. The van der Waals surface area contributed by atoms with E-state index < -0.39 is 11.7 Å². The fraction of sp³-hybridized carbons (Fsp3) is 0.200. The minimum absolute atomic E-state index is 0.0195. The lowest BCUT2D eigenvalue weighted by atomic mass is 10.1. The number of hydrogen-bond donors (Lipinski definition) is 0. The number of rotatable bonds is 2. The van der Waals surface area contributed by atoms with E-state index >= 15 is 0 Å². The van der Waals surface area contributed by atoms with E-state index in [0.717, 1.165) is 12.1 Å². The molecule has 0 aliphatic rings. The zero-order valence-corrected chi connectivity index (χ0v) is 9.05. The summed E-state index contributed by atoms with van der Waals surface area (Å²) in [5.74, 6) is 0.0671. The van der Waals surface area contributed by atoms with Gasteiger partial charge in [0.05, 0.1) is 5.56 Å². The van der Waals surface area contributed by atoms with Gasteiger partial charge in [-0.05, 0) is 29.3 Å². The molecule has 0 radical (unpaired) electrons. The lowest BCUT2D eigenvalue weighted by Gasteiger charge is -2.10. The number of allylic oxidation sites excluding steroid dienone is 1. The molecule has 0 spiro atoms. The number of benzene rings is 1. The topological polar surface area (TPSA) is 0 Å². The van der Waals surface area contributed by atoms with Gasteiger partial charge in [0.2, 0.25) is 0 Å². The summed E-state index contributed by atoms with van der Waals surface area (Å²) in [5, 5.41) is 0.0195. The van der Waals surface area contributed by atoms with Gasteiger partial charge in [0.1, 0.15) is 0 Å². The molecule has 0 heterocycles. The highest BCUT2D eigenvalue weighted by Crippen LogP contribution is 2.33. The summed E-state index contributed by atoms with van der Waals surface area (Å²) >= 11 is 11.1. The normalized spacial score (nSPS) is 11.5. The zero-order chi connectivity index (χ0) is 11.6. The second-order valence-corrected chi connectivity index (χ2v) is 3.67. The molecule has 0 unspecified atom stereocenters. The minimum Gasteiger partial charge on any atom is -0.166 e. The van der Waals surface area contributed by atoms with Gasteiger partial charge in [-0.2, -0.15) is 13.2 Å². The van der Waals surface area contributed by atoms with Crippen LogP contribution in [0.15, 0.2) is 24.8 Å². The first-order valence-corrected chi connectivity index (χ1v) is 4.87. The van der Waals surface area contributed by atoms with Crippen molar-refractivity contribution in [2.75, 3.05) is 5.88 Å². The third kappa shape index (κ3) is 3.14. The molecule has 0 saturated carbocycles. The molecule has 0 fully saturated rings. The standard InChI is InChI=1S/C10H7Cl2F3/c1-6(5-11)7-2-8(10(13,14)15)4-9(12)3-7/h2-4H,1,5H2. The molecule has 0 bridgehead atoms. The summed E-state index contributed by atoms with van der Waals surface area (Å²) in [4.78, 5) is 0. The Balaban J connectivity index is 3.23. The average Bonchev–Trinajstić information content (AvgIpc) is 2.14. The van der Waals surface area contributed by atoms with Crippen molar-refractivity contribution in [2.45, 2.75) is 6.18 Å². The van der Waals surface area contributed by atoms with Gasteiger partial charge in [-0.25, -0.2) is 0 Å². The third-order valence-corrected chi connectivity index (χ3v) is 2.34. The molecular weight excluding hydrogens is 248 g/mol. The Morgan fingerprint density at radius 1 is 1.27 bits per heavy atom. The molecule has 82 valence electrons. The van der Waals surface area contributed by atoms with Gasteiger partial charge < -0.3 is 0 Å². The monoisotopic (exact) mass is 254 g/mol. The molecule has 0 nitrogen and oxygen atoms in total. The van der Waals surface area contributed by atoms with Crippen LogP contribution >= 0.6 is 23.2 Å². The maximum atomic E-state index is 12.4. The minimum atomic E-state index is -4.41. The van der Waals surface area contributed by atoms with E-state index in [0.29, 0.717) is 11.1 Å². The van der Waals surface area contributed by atoms with Crippen molar-refractivity contribution < 1.29 is 13.2 Å². The first kappa shape index (κ1) is 12.4. The second-order valence-electron chi connectivity index (χ2n) is 2.96. The number of hydrogen-bond acceptors (Lipinski definition) is 0. The first-order chi connectivity index (χ1) is 6.84. The predicted octanol–water partition coefficient (Wildman–Crippen LogP) is 4.61. The molecule has 0 N–H and O–H groups in total. The first-order valence-electron chi connectivity index (χ1n) is 3.96. The summed E-state index contributed by atoms with van der Waals surface area (Å²) in [6.07, 6.45) is -4.41. The van der Waals surface area contributed by atoms with E-state index in [1.807, 2.05) is 0 Å². The summed E-state index contributed by atoms with van der Waals surface area (Å²) < 4.78 is 37.2. The lowest BCUT2D eigenvalue weighted by molar-refractivity contribution is -0.137. The van der Waals surface area contributed by atoms with Gasteiger partial charge >= 0.3 is 6.18 Å². The van der Waals surface area contributed by atoms with Crippen molar-refractivity contribution in [1.82, 2.24) is 0 Å². The van der Waals surface area contributed by atoms with Crippen LogP contribution in [0.4, 0.5) is 13.2 Å². The van der Waals surface area contributed by atoms with Crippen LogP contribution in [0.2, 0.25) is 5.02 Å². The van der Waals surface area contributed by atoms with Crippen molar-refractivity contribution in [3.8, 4) is 0 Å². The highest BCUT2D eigenvalue weighted by molar-refractivity contribution is 6.31. The van der Waals surface area contributed by atoms with Crippen LogP contribution in [0.5, 0.6) is 0 Å². The summed E-state index contributed by atoms with van der Waals surface area (Å²) in [5.41, 5.74) is -0.0780. The highest BCUT2D eigenvalue weighted by Gasteiger charge is 2.31. The van der Waals surface area contributed by atoms with E-state index in [9.17, 15) is 13.2 Å². The largest absolute Gasteiger partial charge is 0.416 e. The van der Waals surface area contributed by atoms with Crippen LogP contribution < -0.4 is 0 Å². The highest BCUT2D eigenvalue weighted by atomic mass is 35.5. The maximum absolute atomic E-state index is 12.4. The van der Waals surface area contributed by atoms with Crippen molar-refractivity contribution in [1.29, 1.82) is 0 Å². The Morgan fingerprint density at radius 2 is 1.87 bits per heavy atom. The third-order valence-electron chi connectivity index (χ3n) is 1.79. The molecule has 1 aromatic rings. The van der Waals surface area contributed by atoms with E-state index in [-0.39, 0.29) is 10.9 Å². The Kier molecular flexibility index (Phi) is 3.68. The van der Waals surface area contributed by atoms with Crippen molar-refractivity contribution >= 4 is 28.8 Å². The fourth-order valence-corrected chi connectivity index (χ4v) is 1.42. The smallest absolute Gasteiger partial charge is 0.166 e. The summed E-state index contributed by atoms with van der Waals surface area (Å²) in [7, 11) is 0. The molecule has 0 amide bonds. The average molecular weight is 255 g/mol. The molecule has 1 rings (SSSR count). The molecule has 15 heavy (non-hydrogen) atoms. The van der Waals surface area contributed by atoms with Crippen molar-refractivity contribution in [2.24, 2.45) is 0 Å². The van der Waals surface area contributed by atoms with Crippen LogP contribution in [0.3, 0.4) is 0 Å². The van der Waals surface area contributed by atoms with E-state index in [2.05, 4.69) is 6.58 Å². The van der Waals surface area contributed by atoms with Gasteiger partial charge in [0.15, 0.2) is 0 Å². The Hall–Kier alpha value is -0.670. The molecule has 1 aromatic carbocycles. The molecule has 0 aliphatic carbocycles. The van der Waals surface area contributed by atoms with Gasteiger partial charge in [-0.15, -0.1) is 11.6 Å². The molecule has 5 heteroatoms. The Labute approximate surface area is 95.3 Å². The molecule has 0 aliphatic heterocycles. The zero-order valence-electron chi connectivity index (χ0n) is 7.54. The summed E-state index contributed by atoms with van der Waals surface area (Å²) in [6, 6.07) is 3.25. The van der Waals surface area contributed by atoms with Crippen LogP contribution in [0, 0.1) is 0 Å². The van der Waals surface area contributed by atoms with E-state index in [1.165, 1.54) is 6.07 Å². The van der Waals surface area contributed by atoms with Crippen molar-refractivity contribution in [3.63, 3.8) is 0 Å². The second kappa shape index (κ2) is 4.45. The molecule has 0 aromatic heterocycles. The van der Waals surface area contributed by atoms with Gasteiger partial charge in [-0.3, -0.25) is 0 Å².